The van der Waals surface area contributed by atoms with E-state index in [4.69, 9.17) is 4.74 Å². The molecule has 3 aromatic rings. The van der Waals surface area contributed by atoms with Crippen LogP contribution in [0.15, 0.2) is 66.9 Å². The Hall–Kier alpha value is -3.34. The summed E-state index contributed by atoms with van der Waals surface area (Å²) in [5, 5.41) is 6.15. The van der Waals surface area contributed by atoms with Crippen LogP contribution in [0.5, 0.6) is 5.75 Å². The molecular weight excluding hydrogens is 350 g/mol. The lowest BCUT2D eigenvalue weighted by Crippen LogP contribution is -2.15. The van der Waals surface area contributed by atoms with E-state index >= 15 is 0 Å². The summed E-state index contributed by atoms with van der Waals surface area (Å²) < 4.78 is 5.82. The highest BCUT2D eigenvalue weighted by Gasteiger charge is 2.08. The Morgan fingerprint density at radius 1 is 1.04 bits per heavy atom. The number of rotatable bonds is 7. The van der Waals surface area contributed by atoms with E-state index in [9.17, 15) is 4.79 Å². The summed E-state index contributed by atoms with van der Waals surface area (Å²) in [5.41, 5.74) is 3.80. The first-order chi connectivity index (χ1) is 13.5. The van der Waals surface area contributed by atoms with Crippen LogP contribution in [0.25, 0.3) is 0 Å². The molecule has 1 heterocycles. The fraction of sp³-hybridized carbons (Fsp3) is 0.217. The molecule has 0 saturated heterocycles. The number of pyridine rings is 1. The van der Waals surface area contributed by atoms with E-state index in [-0.39, 0.29) is 12.0 Å². The van der Waals surface area contributed by atoms with Crippen LogP contribution in [0, 0.1) is 6.92 Å². The molecule has 2 N–H and O–H groups in total. The molecule has 0 saturated carbocycles. The molecule has 0 radical (unpaired) electrons. The molecule has 0 spiro atoms. The first-order valence-corrected chi connectivity index (χ1v) is 9.34. The average molecular weight is 375 g/mol. The number of nitrogens with zero attached hydrogens (tertiary/aromatic N) is 1. The summed E-state index contributed by atoms with van der Waals surface area (Å²) in [6, 6.07) is 19.3. The van der Waals surface area contributed by atoms with Crippen LogP contribution in [0.3, 0.4) is 0 Å². The number of carbonyl (C=O) groups is 1. The molecule has 0 atom stereocenters. The number of benzene rings is 2. The molecule has 5 nitrogen and oxygen atoms in total. The molecule has 0 aliphatic rings. The van der Waals surface area contributed by atoms with Gasteiger partial charge in [-0.15, -0.1) is 0 Å². The molecule has 1 amide bonds. The standard InChI is InChI=1S/C23H25N3O2/c1-16(2)28-21-11-7-6-10-20(21)25-19-12-13-22(24-15-19)26-23(27)14-18-9-5-4-8-17(18)3/h4-13,15-16,25H,14H2,1-3H3,(H,24,26,27). The van der Waals surface area contributed by atoms with Gasteiger partial charge in [0.2, 0.25) is 5.91 Å². The Morgan fingerprint density at radius 3 is 2.50 bits per heavy atom. The third-order valence-electron chi connectivity index (χ3n) is 4.17. The quantitative estimate of drug-likeness (QED) is 0.603. The number of aromatic nitrogens is 1. The number of carbonyl (C=O) groups excluding carboxylic acids is 1. The number of nitrogens with one attached hydrogen (secondary N) is 2. The SMILES string of the molecule is Cc1ccccc1CC(=O)Nc1ccc(Nc2ccccc2OC(C)C)cn1. The van der Waals surface area contributed by atoms with Gasteiger partial charge in [0.25, 0.3) is 0 Å². The molecule has 144 valence electrons. The number of aryl methyl sites for hydroxylation is 1. The van der Waals surface area contributed by atoms with Gasteiger partial charge in [-0.2, -0.15) is 0 Å². The fourth-order valence-electron chi connectivity index (χ4n) is 2.79. The summed E-state index contributed by atoms with van der Waals surface area (Å²) in [6.07, 6.45) is 2.11. The molecule has 1 aromatic heterocycles. The second-order valence-electron chi connectivity index (χ2n) is 6.87. The zero-order valence-electron chi connectivity index (χ0n) is 16.4. The normalized spacial score (nSPS) is 10.6. The Bertz CT molecular complexity index is 937. The zero-order valence-corrected chi connectivity index (χ0v) is 16.4. The van der Waals surface area contributed by atoms with Gasteiger partial charge in [-0.3, -0.25) is 4.79 Å². The van der Waals surface area contributed by atoms with E-state index in [0.29, 0.717) is 12.2 Å². The first-order valence-electron chi connectivity index (χ1n) is 9.34. The maximum Gasteiger partial charge on any atom is 0.229 e. The largest absolute Gasteiger partial charge is 0.489 e. The molecule has 28 heavy (non-hydrogen) atoms. The topological polar surface area (TPSA) is 63.2 Å². The monoisotopic (exact) mass is 375 g/mol. The molecule has 0 fully saturated rings. The third kappa shape index (κ3) is 5.33. The van der Waals surface area contributed by atoms with E-state index in [0.717, 1.165) is 28.3 Å². The maximum atomic E-state index is 12.3. The maximum absolute atomic E-state index is 12.3. The van der Waals surface area contributed by atoms with Crippen molar-refractivity contribution in [3.8, 4) is 5.75 Å². The minimum Gasteiger partial charge on any atom is -0.489 e. The number of anilines is 3. The highest BCUT2D eigenvalue weighted by Crippen LogP contribution is 2.28. The Balaban J connectivity index is 1.63. The van der Waals surface area contributed by atoms with Gasteiger partial charge < -0.3 is 15.4 Å². The highest BCUT2D eigenvalue weighted by atomic mass is 16.5. The lowest BCUT2D eigenvalue weighted by Gasteiger charge is -2.15. The first kappa shape index (κ1) is 19.4. The van der Waals surface area contributed by atoms with E-state index < -0.39 is 0 Å². The van der Waals surface area contributed by atoms with Crippen LogP contribution in [0.4, 0.5) is 17.2 Å². The van der Waals surface area contributed by atoms with Crippen molar-refractivity contribution in [3.63, 3.8) is 0 Å². The minimum atomic E-state index is -0.0850. The number of para-hydroxylation sites is 2. The second kappa shape index (κ2) is 9.04. The van der Waals surface area contributed by atoms with Crippen molar-refractivity contribution >= 4 is 23.1 Å². The van der Waals surface area contributed by atoms with E-state index in [1.54, 1.807) is 12.3 Å². The second-order valence-corrected chi connectivity index (χ2v) is 6.87. The molecular formula is C23H25N3O2. The predicted octanol–water partition coefficient (Wildman–Crippen LogP) is 5.10. The molecule has 5 heteroatoms. The van der Waals surface area contributed by atoms with Crippen LogP contribution in [-0.4, -0.2) is 17.0 Å². The van der Waals surface area contributed by atoms with Gasteiger partial charge in [-0.25, -0.2) is 4.98 Å². The summed E-state index contributed by atoms with van der Waals surface area (Å²) in [4.78, 5) is 16.6. The van der Waals surface area contributed by atoms with Crippen molar-refractivity contribution in [1.82, 2.24) is 4.98 Å². The molecule has 0 aliphatic heterocycles. The number of ether oxygens (including phenoxy) is 1. The van der Waals surface area contributed by atoms with Crippen molar-refractivity contribution in [2.24, 2.45) is 0 Å². The number of hydrogen-bond acceptors (Lipinski definition) is 4. The van der Waals surface area contributed by atoms with Crippen molar-refractivity contribution in [1.29, 1.82) is 0 Å². The summed E-state index contributed by atoms with van der Waals surface area (Å²) in [7, 11) is 0. The Labute approximate surface area is 165 Å². The number of hydrogen-bond donors (Lipinski definition) is 2. The summed E-state index contributed by atoms with van der Waals surface area (Å²) in [6.45, 7) is 5.99. The number of amides is 1. The van der Waals surface area contributed by atoms with Gasteiger partial charge in [0.05, 0.1) is 30.1 Å². The lowest BCUT2D eigenvalue weighted by molar-refractivity contribution is -0.115. The van der Waals surface area contributed by atoms with Crippen LogP contribution in [-0.2, 0) is 11.2 Å². The Morgan fingerprint density at radius 2 is 1.79 bits per heavy atom. The van der Waals surface area contributed by atoms with Gasteiger partial charge in [0.15, 0.2) is 0 Å². The predicted molar refractivity (Wildman–Crippen MR) is 113 cm³/mol. The van der Waals surface area contributed by atoms with Crippen LogP contribution >= 0.6 is 0 Å². The molecule has 0 aliphatic carbocycles. The van der Waals surface area contributed by atoms with Gasteiger partial charge in [0, 0.05) is 0 Å². The van der Waals surface area contributed by atoms with Crippen LogP contribution < -0.4 is 15.4 Å². The van der Waals surface area contributed by atoms with Crippen LogP contribution in [0.1, 0.15) is 25.0 Å². The molecule has 0 unspecified atom stereocenters. The van der Waals surface area contributed by atoms with Crippen molar-refractivity contribution < 1.29 is 9.53 Å². The van der Waals surface area contributed by atoms with Gasteiger partial charge >= 0.3 is 0 Å². The molecule has 2 aromatic carbocycles. The fourth-order valence-corrected chi connectivity index (χ4v) is 2.79. The summed E-state index contributed by atoms with van der Waals surface area (Å²) in [5.74, 6) is 1.22. The lowest BCUT2D eigenvalue weighted by atomic mass is 10.1. The van der Waals surface area contributed by atoms with Gasteiger partial charge in [-0.1, -0.05) is 36.4 Å². The van der Waals surface area contributed by atoms with E-state index in [1.807, 2.05) is 75.4 Å². The highest BCUT2D eigenvalue weighted by molar-refractivity contribution is 5.91. The Kier molecular flexibility index (Phi) is 6.27. The third-order valence-corrected chi connectivity index (χ3v) is 4.17. The summed E-state index contributed by atoms with van der Waals surface area (Å²) >= 11 is 0. The minimum absolute atomic E-state index is 0.0850. The average Bonchev–Trinajstić information content (AvgIpc) is 2.66. The van der Waals surface area contributed by atoms with Crippen molar-refractivity contribution in [3.05, 3.63) is 78.0 Å². The zero-order chi connectivity index (χ0) is 19.9. The smallest absolute Gasteiger partial charge is 0.229 e. The van der Waals surface area contributed by atoms with Gasteiger partial charge in [0.1, 0.15) is 11.6 Å². The molecule has 0 bridgehead atoms. The van der Waals surface area contributed by atoms with Crippen molar-refractivity contribution in [2.75, 3.05) is 10.6 Å². The van der Waals surface area contributed by atoms with Crippen LogP contribution in [0.2, 0.25) is 0 Å². The van der Waals surface area contributed by atoms with E-state index in [1.165, 1.54) is 0 Å². The van der Waals surface area contributed by atoms with Gasteiger partial charge in [-0.05, 0) is 56.2 Å². The molecule has 3 rings (SSSR count). The van der Waals surface area contributed by atoms with Crippen molar-refractivity contribution in [2.45, 2.75) is 33.3 Å². The van der Waals surface area contributed by atoms with E-state index in [2.05, 4.69) is 15.6 Å².